The van der Waals surface area contributed by atoms with Crippen LogP contribution in [0.2, 0.25) is 0 Å². The molecule has 0 aromatic heterocycles. The molecule has 0 fully saturated rings. The van der Waals surface area contributed by atoms with Crippen molar-refractivity contribution >= 4 is 29.2 Å². The van der Waals surface area contributed by atoms with Crippen molar-refractivity contribution in [1.29, 1.82) is 0 Å². The summed E-state index contributed by atoms with van der Waals surface area (Å²) < 4.78 is 0. The molecule has 0 unspecified atom stereocenters. The molecule has 33 heavy (non-hydrogen) atoms. The SMILES string of the molecule is Cc1ccc(C=Cc2ccc(N(c3ccc(C)cc3)c3ccc(C(C)(C)C)cc3)cc2)cc1. The monoisotopic (exact) mass is 431 g/mol. The lowest BCUT2D eigenvalue weighted by atomic mass is 9.87. The molecule has 0 aliphatic rings. The van der Waals surface area contributed by atoms with Crippen LogP contribution in [-0.4, -0.2) is 0 Å². The van der Waals surface area contributed by atoms with Crippen LogP contribution >= 0.6 is 0 Å². The van der Waals surface area contributed by atoms with E-state index >= 15 is 0 Å². The van der Waals surface area contributed by atoms with E-state index in [1.807, 2.05) is 0 Å². The van der Waals surface area contributed by atoms with Gasteiger partial charge in [-0.15, -0.1) is 0 Å². The topological polar surface area (TPSA) is 3.24 Å². The van der Waals surface area contributed by atoms with Crippen molar-refractivity contribution in [3.63, 3.8) is 0 Å². The largest absolute Gasteiger partial charge is 0.311 e. The Bertz CT molecular complexity index is 1200. The zero-order valence-electron chi connectivity index (χ0n) is 20.3. The van der Waals surface area contributed by atoms with Gasteiger partial charge >= 0.3 is 0 Å². The third-order valence-corrected chi connectivity index (χ3v) is 5.98. The number of anilines is 3. The van der Waals surface area contributed by atoms with E-state index in [0.717, 1.165) is 17.1 Å². The van der Waals surface area contributed by atoms with E-state index in [4.69, 9.17) is 0 Å². The van der Waals surface area contributed by atoms with Gasteiger partial charge in [-0.2, -0.15) is 0 Å². The smallest absolute Gasteiger partial charge is 0.0462 e. The molecule has 0 saturated heterocycles. The van der Waals surface area contributed by atoms with Crippen LogP contribution in [0.5, 0.6) is 0 Å². The first-order valence-corrected chi connectivity index (χ1v) is 11.6. The Morgan fingerprint density at radius 2 is 0.818 bits per heavy atom. The zero-order chi connectivity index (χ0) is 23.4. The predicted molar refractivity (Wildman–Crippen MR) is 145 cm³/mol. The third kappa shape index (κ3) is 5.62. The maximum atomic E-state index is 2.32. The summed E-state index contributed by atoms with van der Waals surface area (Å²) in [7, 11) is 0. The number of rotatable bonds is 5. The summed E-state index contributed by atoms with van der Waals surface area (Å²) in [6.45, 7) is 11.0. The van der Waals surface area contributed by atoms with E-state index < -0.39 is 0 Å². The van der Waals surface area contributed by atoms with Crippen molar-refractivity contribution in [2.45, 2.75) is 40.0 Å². The van der Waals surface area contributed by atoms with Gasteiger partial charge in [-0.05, 0) is 72.4 Å². The zero-order valence-corrected chi connectivity index (χ0v) is 20.3. The highest BCUT2D eigenvalue weighted by Crippen LogP contribution is 2.36. The molecular formula is C32H33N. The molecule has 1 heteroatoms. The fourth-order valence-electron chi connectivity index (χ4n) is 3.86. The van der Waals surface area contributed by atoms with Crippen LogP contribution in [0.3, 0.4) is 0 Å². The van der Waals surface area contributed by atoms with Crippen molar-refractivity contribution in [2.24, 2.45) is 0 Å². The fraction of sp³-hybridized carbons (Fsp3) is 0.188. The van der Waals surface area contributed by atoms with Crippen LogP contribution in [0.25, 0.3) is 12.2 Å². The van der Waals surface area contributed by atoms with Crippen LogP contribution in [0.15, 0.2) is 97.1 Å². The second-order valence-corrected chi connectivity index (χ2v) is 9.80. The second kappa shape index (κ2) is 9.50. The lowest BCUT2D eigenvalue weighted by Crippen LogP contribution is -2.13. The maximum Gasteiger partial charge on any atom is 0.0462 e. The van der Waals surface area contributed by atoms with Gasteiger partial charge in [0, 0.05) is 17.1 Å². The van der Waals surface area contributed by atoms with Crippen LogP contribution in [0.1, 0.15) is 48.6 Å². The molecule has 4 aromatic rings. The van der Waals surface area contributed by atoms with Crippen molar-refractivity contribution in [2.75, 3.05) is 4.90 Å². The fourth-order valence-corrected chi connectivity index (χ4v) is 3.86. The minimum atomic E-state index is 0.138. The van der Waals surface area contributed by atoms with Gasteiger partial charge in [0.05, 0.1) is 0 Å². The van der Waals surface area contributed by atoms with Gasteiger partial charge in [0.25, 0.3) is 0 Å². The third-order valence-electron chi connectivity index (χ3n) is 5.98. The van der Waals surface area contributed by atoms with Gasteiger partial charge < -0.3 is 4.90 Å². The molecule has 0 aliphatic heterocycles. The van der Waals surface area contributed by atoms with Gasteiger partial charge in [-0.3, -0.25) is 0 Å². The number of nitrogens with zero attached hydrogens (tertiary/aromatic N) is 1. The highest BCUT2D eigenvalue weighted by atomic mass is 15.1. The van der Waals surface area contributed by atoms with E-state index in [-0.39, 0.29) is 5.41 Å². The number of hydrogen-bond acceptors (Lipinski definition) is 1. The highest BCUT2D eigenvalue weighted by molar-refractivity contribution is 5.78. The maximum absolute atomic E-state index is 2.32. The Labute approximate surface area is 199 Å². The second-order valence-electron chi connectivity index (χ2n) is 9.80. The molecule has 0 atom stereocenters. The molecule has 0 aliphatic carbocycles. The molecule has 0 radical (unpaired) electrons. The van der Waals surface area contributed by atoms with E-state index in [1.165, 1.54) is 27.8 Å². The molecule has 0 amide bonds. The summed E-state index contributed by atoms with van der Waals surface area (Å²) in [5.74, 6) is 0. The number of benzene rings is 4. The van der Waals surface area contributed by atoms with Crippen LogP contribution in [0, 0.1) is 13.8 Å². The standard InChI is InChI=1S/C32H33N/c1-24-6-10-26(11-7-24)12-13-27-14-20-30(21-15-27)33(29-18-8-25(2)9-19-29)31-22-16-28(17-23-31)32(3,4)5/h6-23H,1-5H3. The first-order chi connectivity index (χ1) is 15.8. The molecule has 0 bridgehead atoms. The Morgan fingerprint density at radius 1 is 0.485 bits per heavy atom. The van der Waals surface area contributed by atoms with E-state index in [1.54, 1.807) is 0 Å². The van der Waals surface area contributed by atoms with Crippen molar-refractivity contribution in [1.82, 2.24) is 0 Å². The van der Waals surface area contributed by atoms with Crippen LogP contribution in [-0.2, 0) is 5.41 Å². The van der Waals surface area contributed by atoms with Gasteiger partial charge in [0.2, 0.25) is 0 Å². The normalized spacial score (nSPS) is 11.7. The molecule has 166 valence electrons. The van der Waals surface area contributed by atoms with E-state index in [0.29, 0.717) is 0 Å². The highest BCUT2D eigenvalue weighted by Gasteiger charge is 2.16. The summed E-state index contributed by atoms with van der Waals surface area (Å²) in [6.07, 6.45) is 4.33. The summed E-state index contributed by atoms with van der Waals surface area (Å²) in [5, 5.41) is 0. The van der Waals surface area contributed by atoms with E-state index in [2.05, 4.69) is 149 Å². The molecule has 4 aromatic carbocycles. The van der Waals surface area contributed by atoms with Crippen LogP contribution < -0.4 is 4.90 Å². The van der Waals surface area contributed by atoms with Crippen molar-refractivity contribution in [3.05, 3.63) is 125 Å². The molecule has 0 saturated carbocycles. The van der Waals surface area contributed by atoms with Gasteiger partial charge in [-0.25, -0.2) is 0 Å². The first kappa shape index (κ1) is 22.6. The molecular weight excluding hydrogens is 398 g/mol. The molecule has 4 rings (SSSR count). The summed E-state index contributed by atoms with van der Waals surface area (Å²) in [6, 6.07) is 35.0. The summed E-state index contributed by atoms with van der Waals surface area (Å²) in [4.78, 5) is 2.32. The Kier molecular flexibility index (Phi) is 6.51. The lowest BCUT2D eigenvalue weighted by Gasteiger charge is -2.27. The lowest BCUT2D eigenvalue weighted by molar-refractivity contribution is 0.590. The average Bonchev–Trinajstić information content (AvgIpc) is 2.81. The number of hydrogen-bond donors (Lipinski definition) is 0. The summed E-state index contributed by atoms with van der Waals surface area (Å²) in [5.41, 5.74) is 9.89. The molecule has 0 spiro atoms. The Balaban J connectivity index is 1.65. The van der Waals surface area contributed by atoms with Gasteiger partial charge in [-0.1, -0.05) is 105 Å². The Morgan fingerprint density at radius 3 is 1.24 bits per heavy atom. The molecule has 1 nitrogen and oxygen atoms in total. The summed E-state index contributed by atoms with van der Waals surface area (Å²) >= 11 is 0. The number of aryl methyl sites for hydroxylation is 2. The minimum absolute atomic E-state index is 0.138. The minimum Gasteiger partial charge on any atom is -0.311 e. The van der Waals surface area contributed by atoms with Gasteiger partial charge in [0.1, 0.15) is 0 Å². The van der Waals surface area contributed by atoms with Crippen molar-refractivity contribution in [3.8, 4) is 0 Å². The predicted octanol–water partition coefficient (Wildman–Crippen LogP) is 9.24. The molecule has 0 heterocycles. The molecule has 0 N–H and O–H groups in total. The van der Waals surface area contributed by atoms with E-state index in [9.17, 15) is 0 Å². The van der Waals surface area contributed by atoms with Crippen molar-refractivity contribution < 1.29 is 0 Å². The Hall–Kier alpha value is -3.58. The van der Waals surface area contributed by atoms with Gasteiger partial charge in [0.15, 0.2) is 0 Å². The van der Waals surface area contributed by atoms with Crippen LogP contribution in [0.4, 0.5) is 17.1 Å². The average molecular weight is 432 g/mol. The quantitative estimate of drug-likeness (QED) is 0.285. The first-order valence-electron chi connectivity index (χ1n) is 11.6.